The van der Waals surface area contributed by atoms with E-state index in [2.05, 4.69) is 88.7 Å². The Morgan fingerprint density at radius 2 is 1.79 bits per heavy atom. The van der Waals surface area contributed by atoms with Crippen LogP contribution in [-0.2, 0) is 6.54 Å². The van der Waals surface area contributed by atoms with Gasteiger partial charge in [-0.1, -0.05) is 41.5 Å². The van der Waals surface area contributed by atoms with Crippen LogP contribution in [0.2, 0.25) is 0 Å². The molecule has 1 aliphatic heterocycles. The number of carbonyl (C=O) groups excluding carboxylic acids is 1. The molecule has 3 heterocycles. The molecule has 1 N–H and O–H groups in total. The predicted molar refractivity (Wildman–Crippen MR) is 126 cm³/mol. The maximum absolute atomic E-state index is 12.5. The number of hydrogen-bond donors (Lipinski definition) is 1. The Bertz CT molecular complexity index is 1240. The Kier molecular flexibility index (Phi) is 5.75. The summed E-state index contributed by atoms with van der Waals surface area (Å²) < 4.78 is 1.97. The van der Waals surface area contributed by atoms with Crippen molar-refractivity contribution in [3.05, 3.63) is 83.6 Å². The van der Waals surface area contributed by atoms with Crippen molar-refractivity contribution in [3.8, 4) is 16.9 Å². The number of hydrogen-bond acceptors (Lipinski definition) is 5. The average molecular weight is 442 g/mol. The fourth-order valence-electron chi connectivity index (χ4n) is 4.20. The van der Waals surface area contributed by atoms with Crippen molar-refractivity contribution in [2.45, 2.75) is 20.4 Å². The highest BCUT2D eigenvalue weighted by Crippen LogP contribution is 2.26. The van der Waals surface area contributed by atoms with Crippen molar-refractivity contribution in [2.75, 3.05) is 26.2 Å². The van der Waals surface area contributed by atoms with Gasteiger partial charge in [-0.2, -0.15) is 10.2 Å². The van der Waals surface area contributed by atoms with Crippen LogP contribution in [0, 0.1) is 13.8 Å². The predicted octanol–water partition coefficient (Wildman–Crippen LogP) is 3.23. The van der Waals surface area contributed by atoms with Crippen molar-refractivity contribution in [2.24, 2.45) is 0 Å². The number of amides is 1. The molecule has 2 aromatic heterocycles. The minimum absolute atomic E-state index is 0.0974. The Morgan fingerprint density at radius 1 is 1.00 bits per heavy atom. The molecule has 1 fully saturated rings. The van der Waals surface area contributed by atoms with Crippen LogP contribution in [0.4, 0.5) is 0 Å². The third kappa shape index (κ3) is 4.56. The van der Waals surface area contributed by atoms with Crippen molar-refractivity contribution >= 4 is 5.91 Å². The molecular formula is C25H27N7O. The summed E-state index contributed by atoms with van der Waals surface area (Å²) in [4.78, 5) is 20.7. The molecule has 2 aromatic carbocycles. The Labute approximate surface area is 192 Å². The van der Waals surface area contributed by atoms with Gasteiger partial charge >= 0.3 is 0 Å². The number of aryl methyl sites for hydroxylation is 2. The van der Waals surface area contributed by atoms with Gasteiger partial charge in [0.1, 0.15) is 6.33 Å². The molecule has 0 bridgehead atoms. The summed E-state index contributed by atoms with van der Waals surface area (Å²) in [5.41, 5.74) is 6.78. The van der Waals surface area contributed by atoms with Gasteiger partial charge in [0.2, 0.25) is 5.82 Å². The first-order valence-electron chi connectivity index (χ1n) is 11.2. The first-order chi connectivity index (χ1) is 16.1. The highest BCUT2D eigenvalue weighted by Gasteiger charge is 2.25. The standard InChI is InChI=1S/C25H27N7O/c1-18-6-8-22(9-7-18)32-16-21(23(29-32)20-5-3-4-19(2)14-20)15-30-10-12-31(13-11-30)25(33)24-26-17-27-28-24/h3-9,14,16-17H,10-13,15H2,1-2H3,(H,26,27,28). The van der Waals surface area contributed by atoms with Gasteiger partial charge in [0.25, 0.3) is 5.91 Å². The summed E-state index contributed by atoms with van der Waals surface area (Å²) in [5, 5.41) is 11.4. The minimum Gasteiger partial charge on any atom is -0.333 e. The van der Waals surface area contributed by atoms with Crippen molar-refractivity contribution < 1.29 is 4.79 Å². The van der Waals surface area contributed by atoms with Crippen molar-refractivity contribution in [1.82, 2.24) is 34.8 Å². The molecule has 4 aromatic rings. The van der Waals surface area contributed by atoms with E-state index in [4.69, 9.17) is 5.10 Å². The third-order valence-electron chi connectivity index (χ3n) is 6.05. The molecule has 8 heteroatoms. The number of nitrogens with one attached hydrogen (secondary N) is 1. The number of piperazine rings is 1. The fourth-order valence-corrected chi connectivity index (χ4v) is 4.20. The SMILES string of the molecule is Cc1ccc(-n2cc(CN3CCN(C(=O)c4ncn[nH]4)CC3)c(-c3cccc(C)c3)n2)cc1. The highest BCUT2D eigenvalue weighted by atomic mass is 16.2. The van der Waals surface area contributed by atoms with Crippen LogP contribution in [0.25, 0.3) is 16.9 Å². The second kappa shape index (κ2) is 8.99. The van der Waals surface area contributed by atoms with E-state index in [1.807, 2.05) is 9.58 Å². The Hall–Kier alpha value is -3.78. The Balaban J connectivity index is 1.37. The van der Waals surface area contributed by atoms with Gasteiger partial charge in [-0.15, -0.1) is 0 Å². The molecule has 0 aliphatic carbocycles. The zero-order valence-electron chi connectivity index (χ0n) is 18.9. The number of carbonyl (C=O) groups is 1. The molecule has 1 saturated heterocycles. The summed E-state index contributed by atoms with van der Waals surface area (Å²) in [6.07, 6.45) is 3.50. The molecule has 0 atom stereocenters. The first kappa shape index (κ1) is 21.1. The lowest BCUT2D eigenvalue weighted by Gasteiger charge is -2.34. The van der Waals surface area contributed by atoms with Crippen LogP contribution in [0.3, 0.4) is 0 Å². The number of aromatic amines is 1. The number of benzene rings is 2. The van der Waals surface area contributed by atoms with E-state index in [-0.39, 0.29) is 5.91 Å². The van der Waals surface area contributed by atoms with E-state index in [0.717, 1.165) is 36.6 Å². The van der Waals surface area contributed by atoms with Gasteiger partial charge in [0.15, 0.2) is 0 Å². The van der Waals surface area contributed by atoms with Gasteiger partial charge in [-0.25, -0.2) is 9.67 Å². The number of rotatable bonds is 5. The quantitative estimate of drug-likeness (QED) is 0.514. The fraction of sp³-hybridized carbons (Fsp3) is 0.280. The molecule has 5 rings (SSSR count). The normalized spacial score (nSPS) is 14.5. The van der Waals surface area contributed by atoms with E-state index in [0.29, 0.717) is 18.9 Å². The largest absolute Gasteiger partial charge is 0.333 e. The zero-order valence-corrected chi connectivity index (χ0v) is 18.9. The van der Waals surface area contributed by atoms with Gasteiger partial charge < -0.3 is 4.90 Å². The van der Waals surface area contributed by atoms with Crippen LogP contribution in [0.5, 0.6) is 0 Å². The van der Waals surface area contributed by atoms with Crippen LogP contribution in [0.15, 0.2) is 61.1 Å². The molecule has 0 saturated carbocycles. The van der Waals surface area contributed by atoms with E-state index in [1.54, 1.807) is 0 Å². The molecular weight excluding hydrogens is 414 g/mol. The van der Waals surface area contributed by atoms with Gasteiger partial charge in [-0.3, -0.25) is 14.8 Å². The number of aromatic nitrogens is 5. The molecule has 1 amide bonds. The zero-order chi connectivity index (χ0) is 22.8. The van der Waals surface area contributed by atoms with Crippen molar-refractivity contribution in [1.29, 1.82) is 0 Å². The smallest absolute Gasteiger partial charge is 0.291 e. The molecule has 0 spiro atoms. The third-order valence-corrected chi connectivity index (χ3v) is 6.05. The second-order valence-electron chi connectivity index (χ2n) is 8.55. The molecule has 0 radical (unpaired) electrons. The van der Waals surface area contributed by atoms with E-state index >= 15 is 0 Å². The van der Waals surface area contributed by atoms with Crippen LogP contribution in [0.1, 0.15) is 27.3 Å². The first-order valence-corrected chi connectivity index (χ1v) is 11.2. The number of nitrogens with zero attached hydrogens (tertiary/aromatic N) is 6. The maximum Gasteiger partial charge on any atom is 0.291 e. The summed E-state index contributed by atoms with van der Waals surface area (Å²) in [7, 11) is 0. The molecule has 8 nitrogen and oxygen atoms in total. The molecule has 0 unspecified atom stereocenters. The van der Waals surface area contributed by atoms with Crippen LogP contribution >= 0.6 is 0 Å². The summed E-state index contributed by atoms with van der Waals surface area (Å²) in [6, 6.07) is 16.9. The minimum atomic E-state index is -0.0974. The van der Waals surface area contributed by atoms with E-state index < -0.39 is 0 Å². The second-order valence-corrected chi connectivity index (χ2v) is 8.55. The maximum atomic E-state index is 12.5. The lowest BCUT2D eigenvalue weighted by molar-refractivity contribution is 0.0617. The molecule has 168 valence electrons. The lowest BCUT2D eigenvalue weighted by atomic mass is 10.1. The lowest BCUT2D eigenvalue weighted by Crippen LogP contribution is -2.48. The van der Waals surface area contributed by atoms with E-state index in [1.165, 1.54) is 23.0 Å². The van der Waals surface area contributed by atoms with Crippen molar-refractivity contribution in [3.63, 3.8) is 0 Å². The molecule has 33 heavy (non-hydrogen) atoms. The van der Waals surface area contributed by atoms with Crippen LogP contribution < -0.4 is 0 Å². The summed E-state index contributed by atoms with van der Waals surface area (Å²) in [5.74, 6) is 0.198. The molecule has 1 aliphatic rings. The highest BCUT2D eigenvalue weighted by molar-refractivity contribution is 5.90. The summed E-state index contributed by atoms with van der Waals surface area (Å²) >= 11 is 0. The van der Waals surface area contributed by atoms with Crippen LogP contribution in [-0.4, -0.2) is 66.8 Å². The number of H-pyrrole nitrogens is 1. The van der Waals surface area contributed by atoms with E-state index in [9.17, 15) is 4.79 Å². The topological polar surface area (TPSA) is 82.9 Å². The van der Waals surface area contributed by atoms with Gasteiger partial charge in [0, 0.05) is 50.0 Å². The van der Waals surface area contributed by atoms with Gasteiger partial charge in [0.05, 0.1) is 11.4 Å². The monoisotopic (exact) mass is 441 g/mol. The van der Waals surface area contributed by atoms with Gasteiger partial charge in [-0.05, 0) is 32.0 Å². The summed E-state index contributed by atoms with van der Waals surface area (Å²) in [6.45, 7) is 7.87. The average Bonchev–Trinajstić information content (AvgIpc) is 3.50. The Morgan fingerprint density at radius 3 is 2.48 bits per heavy atom.